The highest BCUT2D eigenvalue weighted by atomic mass is 19.2. The van der Waals surface area contributed by atoms with Crippen molar-refractivity contribution in [1.29, 1.82) is 0 Å². The van der Waals surface area contributed by atoms with Gasteiger partial charge in [0.1, 0.15) is 0 Å². The summed E-state index contributed by atoms with van der Waals surface area (Å²) in [5, 5.41) is 0. The van der Waals surface area contributed by atoms with Crippen molar-refractivity contribution in [3.05, 3.63) is 54.3 Å². The van der Waals surface area contributed by atoms with Crippen LogP contribution in [0.5, 0.6) is 5.75 Å². The van der Waals surface area contributed by atoms with Crippen LogP contribution in [0.15, 0.2) is 37.1 Å². The third-order valence-electron chi connectivity index (χ3n) is 7.51. The Morgan fingerprint density at radius 2 is 1.50 bits per heavy atom. The minimum absolute atomic E-state index is 0.0472. The van der Waals surface area contributed by atoms with Crippen LogP contribution in [-0.2, 0) is 6.42 Å². The van der Waals surface area contributed by atoms with Crippen LogP contribution in [0.3, 0.4) is 0 Å². The van der Waals surface area contributed by atoms with E-state index in [2.05, 4.69) is 12.7 Å². The van der Waals surface area contributed by atoms with Crippen molar-refractivity contribution in [2.75, 3.05) is 0 Å². The van der Waals surface area contributed by atoms with Gasteiger partial charge in [0.15, 0.2) is 11.6 Å². The molecule has 2 fully saturated rings. The number of allylic oxidation sites excluding steroid dienone is 2. The van der Waals surface area contributed by atoms with Crippen molar-refractivity contribution < 1.29 is 13.5 Å². The molecule has 166 valence electrons. The molecule has 0 spiro atoms. The SMILES string of the molecule is C=CCCC1CCC(C2CCC(CCc3ccc(OC=CC)c(F)c3F)CC2)CC1. The van der Waals surface area contributed by atoms with Gasteiger partial charge in [-0.1, -0.05) is 43.9 Å². The first kappa shape index (κ1) is 23.0. The second-order valence-corrected chi connectivity index (χ2v) is 9.40. The van der Waals surface area contributed by atoms with E-state index in [1.165, 1.54) is 70.1 Å². The minimum atomic E-state index is -0.877. The second kappa shape index (κ2) is 11.7. The van der Waals surface area contributed by atoms with Gasteiger partial charge in [-0.25, -0.2) is 4.39 Å². The van der Waals surface area contributed by atoms with Crippen LogP contribution in [0.1, 0.15) is 83.1 Å². The number of benzene rings is 1. The quantitative estimate of drug-likeness (QED) is 0.290. The van der Waals surface area contributed by atoms with Crippen LogP contribution in [-0.4, -0.2) is 0 Å². The predicted molar refractivity (Wildman–Crippen MR) is 120 cm³/mol. The highest BCUT2D eigenvalue weighted by Gasteiger charge is 2.30. The van der Waals surface area contributed by atoms with E-state index < -0.39 is 11.6 Å². The van der Waals surface area contributed by atoms with E-state index in [0.29, 0.717) is 17.9 Å². The number of hydrogen-bond acceptors (Lipinski definition) is 1. The topological polar surface area (TPSA) is 9.23 Å². The molecule has 2 aliphatic carbocycles. The molecule has 0 saturated heterocycles. The summed E-state index contributed by atoms with van der Waals surface area (Å²) >= 11 is 0. The molecule has 2 saturated carbocycles. The molecular formula is C27H38F2O. The van der Waals surface area contributed by atoms with Gasteiger partial charge >= 0.3 is 0 Å². The normalized spacial score (nSPS) is 27.3. The molecule has 0 radical (unpaired) electrons. The lowest BCUT2D eigenvalue weighted by atomic mass is 9.68. The van der Waals surface area contributed by atoms with Crippen LogP contribution >= 0.6 is 0 Å². The first-order chi connectivity index (χ1) is 14.6. The van der Waals surface area contributed by atoms with Gasteiger partial charge in [0.2, 0.25) is 5.82 Å². The van der Waals surface area contributed by atoms with E-state index in [-0.39, 0.29) is 5.75 Å². The standard InChI is InChI=1S/C27H38F2O/c1-3-5-6-20-7-12-22(13-8-20)23-14-9-21(10-15-23)11-16-24-17-18-25(30-19-4-2)27(29)26(24)28/h3-4,17-23H,1,5-16H2,2H3. The molecule has 1 nitrogen and oxygen atoms in total. The fraction of sp³-hybridized carbons (Fsp3) is 0.630. The third kappa shape index (κ3) is 6.18. The van der Waals surface area contributed by atoms with Crippen molar-refractivity contribution in [2.45, 2.75) is 84.0 Å². The summed E-state index contributed by atoms with van der Waals surface area (Å²) in [5.41, 5.74) is 0.472. The van der Waals surface area contributed by atoms with E-state index in [4.69, 9.17) is 4.74 Å². The zero-order valence-electron chi connectivity index (χ0n) is 18.6. The van der Waals surface area contributed by atoms with Crippen LogP contribution in [0.4, 0.5) is 8.78 Å². The van der Waals surface area contributed by atoms with Crippen molar-refractivity contribution in [3.63, 3.8) is 0 Å². The first-order valence-electron chi connectivity index (χ1n) is 12.0. The second-order valence-electron chi connectivity index (χ2n) is 9.40. The van der Waals surface area contributed by atoms with Gasteiger partial charge in [0, 0.05) is 0 Å². The highest BCUT2D eigenvalue weighted by molar-refractivity contribution is 5.31. The summed E-state index contributed by atoms with van der Waals surface area (Å²) in [6.07, 6.45) is 19.8. The van der Waals surface area contributed by atoms with Gasteiger partial charge in [0.05, 0.1) is 6.26 Å². The molecular weight excluding hydrogens is 378 g/mol. The van der Waals surface area contributed by atoms with Gasteiger partial charge in [-0.3, -0.25) is 0 Å². The maximum atomic E-state index is 14.4. The summed E-state index contributed by atoms with van der Waals surface area (Å²) in [6.45, 7) is 5.62. The maximum Gasteiger partial charge on any atom is 0.201 e. The fourth-order valence-electron chi connectivity index (χ4n) is 5.61. The smallest absolute Gasteiger partial charge is 0.201 e. The summed E-state index contributed by atoms with van der Waals surface area (Å²) in [7, 11) is 0. The lowest BCUT2D eigenvalue weighted by Crippen LogP contribution is -2.26. The van der Waals surface area contributed by atoms with Crippen molar-refractivity contribution in [1.82, 2.24) is 0 Å². The zero-order valence-corrected chi connectivity index (χ0v) is 18.6. The molecule has 0 aliphatic heterocycles. The Labute approximate surface area is 181 Å². The van der Waals surface area contributed by atoms with E-state index in [9.17, 15) is 8.78 Å². The monoisotopic (exact) mass is 416 g/mol. The molecule has 3 heteroatoms. The third-order valence-corrected chi connectivity index (χ3v) is 7.51. The van der Waals surface area contributed by atoms with Crippen LogP contribution < -0.4 is 4.74 Å². The summed E-state index contributed by atoms with van der Waals surface area (Å²) in [5.74, 6) is 1.69. The maximum absolute atomic E-state index is 14.4. The van der Waals surface area contributed by atoms with Crippen LogP contribution in [0, 0.1) is 35.3 Å². The van der Waals surface area contributed by atoms with Gasteiger partial charge in [-0.2, -0.15) is 4.39 Å². The average molecular weight is 417 g/mol. The largest absolute Gasteiger partial charge is 0.462 e. The molecule has 0 aromatic heterocycles. The highest BCUT2D eigenvalue weighted by Crippen LogP contribution is 2.43. The molecule has 3 rings (SSSR count). The van der Waals surface area contributed by atoms with E-state index in [0.717, 1.165) is 30.6 Å². The summed E-state index contributed by atoms with van der Waals surface area (Å²) < 4.78 is 33.7. The molecule has 1 aromatic carbocycles. The molecule has 0 N–H and O–H groups in total. The first-order valence-corrected chi connectivity index (χ1v) is 12.0. The Bertz CT molecular complexity index is 695. The molecule has 1 aromatic rings. The Balaban J connectivity index is 1.41. The number of ether oxygens (including phenoxy) is 1. The average Bonchev–Trinajstić information content (AvgIpc) is 2.79. The molecule has 0 atom stereocenters. The van der Waals surface area contributed by atoms with Gasteiger partial charge in [0.25, 0.3) is 0 Å². The molecule has 30 heavy (non-hydrogen) atoms. The van der Waals surface area contributed by atoms with Crippen LogP contribution in [0.25, 0.3) is 0 Å². The Hall–Kier alpha value is -1.64. The van der Waals surface area contributed by atoms with E-state index >= 15 is 0 Å². The van der Waals surface area contributed by atoms with Crippen molar-refractivity contribution in [2.24, 2.45) is 23.7 Å². The minimum Gasteiger partial charge on any atom is -0.462 e. The van der Waals surface area contributed by atoms with E-state index in [1.807, 2.05) is 0 Å². The predicted octanol–water partition coefficient (Wildman–Crippen LogP) is 8.39. The van der Waals surface area contributed by atoms with Gasteiger partial charge < -0.3 is 4.74 Å². The lowest BCUT2D eigenvalue weighted by molar-refractivity contribution is 0.141. The van der Waals surface area contributed by atoms with Crippen molar-refractivity contribution in [3.8, 4) is 5.75 Å². The van der Waals surface area contributed by atoms with Crippen molar-refractivity contribution >= 4 is 0 Å². The molecule has 0 amide bonds. The Kier molecular flexibility index (Phi) is 8.96. The number of halogens is 2. The molecule has 0 unspecified atom stereocenters. The van der Waals surface area contributed by atoms with E-state index in [1.54, 1.807) is 19.1 Å². The summed E-state index contributed by atoms with van der Waals surface area (Å²) in [6, 6.07) is 3.21. The molecule has 2 aliphatic rings. The van der Waals surface area contributed by atoms with Gasteiger partial charge in [-0.15, -0.1) is 6.58 Å². The van der Waals surface area contributed by atoms with Crippen LogP contribution in [0.2, 0.25) is 0 Å². The van der Waals surface area contributed by atoms with Gasteiger partial charge in [-0.05, 0) is 93.6 Å². The Morgan fingerprint density at radius 1 is 0.900 bits per heavy atom. The summed E-state index contributed by atoms with van der Waals surface area (Å²) in [4.78, 5) is 0. The number of rotatable bonds is 9. The Morgan fingerprint density at radius 3 is 2.07 bits per heavy atom. The number of aryl methyl sites for hydroxylation is 1. The zero-order chi connectivity index (χ0) is 21.3. The lowest BCUT2D eigenvalue weighted by Gasteiger charge is -2.38. The molecule has 0 bridgehead atoms. The fourth-order valence-corrected chi connectivity index (χ4v) is 5.61. The number of hydrogen-bond donors (Lipinski definition) is 0. The molecule has 0 heterocycles.